The Balaban J connectivity index is 1.98. The molecule has 228 valence electrons. The molecule has 0 saturated carbocycles. The van der Waals surface area contributed by atoms with Crippen LogP contribution < -0.4 is 0 Å². The van der Waals surface area contributed by atoms with Crippen molar-refractivity contribution in [3.63, 3.8) is 0 Å². The first-order chi connectivity index (χ1) is 18.9. The monoisotopic (exact) mass is 590 g/mol. The minimum Gasteiger partial charge on any atom is -0.507 e. The number of carbonyl (C=O) groups is 2. The Bertz CT molecular complexity index is 1290. The molecule has 41 heavy (non-hydrogen) atoms. The summed E-state index contributed by atoms with van der Waals surface area (Å²) in [5, 5.41) is 21.1. The fourth-order valence-corrected chi connectivity index (χ4v) is 6.88. The molecule has 8 nitrogen and oxygen atoms in total. The van der Waals surface area contributed by atoms with Gasteiger partial charge in [0.1, 0.15) is 24.7 Å². The predicted octanol–water partition coefficient (Wildman–Crippen LogP) is 6.05. The second-order valence-corrected chi connectivity index (χ2v) is 14.0. The summed E-state index contributed by atoms with van der Waals surface area (Å²) in [4.78, 5) is 25.3. The fraction of sp³-hybridized carbons (Fsp3) is 0.562. The number of hydrogen-bond acceptors (Lipinski definition) is 8. The van der Waals surface area contributed by atoms with Crippen molar-refractivity contribution in [1.29, 1.82) is 0 Å². The average molecular weight is 591 g/mol. The van der Waals surface area contributed by atoms with Crippen LogP contribution in [-0.2, 0) is 42.1 Å². The highest BCUT2D eigenvalue weighted by atomic mass is 32.2. The van der Waals surface area contributed by atoms with E-state index >= 15 is 0 Å². The number of benzene rings is 2. The number of phenols is 2. The van der Waals surface area contributed by atoms with Crippen LogP contribution >= 0.6 is 0 Å². The van der Waals surface area contributed by atoms with E-state index < -0.39 is 45.1 Å². The number of aromatic hydroxyl groups is 2. The van der Waals surface area contributed by atoms with Gasteiger partial charge in [-0.2, -0.15) is 0 Å². The molecule has 0 saturated heterocycles. The summed E-state index contributed by atoms with van der Waals surface area (Å²) in [6, 6.07) is 3.74. The first kappa shape index (κ1) is 34.1. The molecule has 0 heterocycles. The molecule has 2 rings (SSSR count). The van der Waals surface area contributed by atoms with Gasteiger partial charge in [-0.05, 0) is 84.0 Å². The van der Waals surface area contributed by atoms with Crippen molar-refractivity contribution in [2.24, 2.45) is 11.8 Å². The summed E-state index contributed by atoms with van der Waals surface area (Å²) >= 11 is 0. The van der Waals surface area contributed by atoms with Gasteiger partial charge in [-0.25, -0.2) is 8.42 Å². The lowest BCUT2D eigenvalue weighted by Crippen LogP contribution is -2.30. The molecule has 0 fully saturated rings. The zero-order valence-electron chi connectivity index (χ0n) is 26.0. The Kier molecular flexibility index (Phi) is 11.4. The minimum atomic E-state index is -3.79. The van der Waals surface area contributed by atoms with Crippen molar-refractivity contribution >= 4 is 21.8 Å². The van der Waals surface area contributed by atoms with Crippen LogP contribution in [0.5, 0.6) is 11.5 Å². The van der Waals surface area contributed by atoms with Crippen molar-refractivity contribution in [1.82, 2.24) is 0 Å². The maximum atomic E-state index is 12.8. The normalized spacial score (nSPS) is 13.4. The topological polar surface area (TPSA) is 127 Å². The lowest BCUT2D eigenvalue weighted by molar-refractivity contribution is -0.149. The SMILES string of the molecule is Cc1cc(C(C)C)c(O)c(C)c1COC(=O)C(C)CS(=O)(=O)CC(C)C(=O)OCc1c(C)cc(C(C)C)c(O)c1C. The third kappa shape index (κ3) is 8.47. The van der Waals surface area contributed by atoms with Crippen molar-refractivity contribution in [2.75, 3.05) is 11.5 Å². The van der Waals surface area contributed by atoms with E-state index in [0.717, 1.165) is 22.3 Å². The first-order valence-electron chi connectivity index (χ1n) is 14.0. The Labute approximate surface area is 245 Å². The largest absolute Gasteiger partial charge is 0.507 e. The van der Waals surface area contributed by atoms with Crippen LogP contribution in [0.1, 0.15) is 97.9 Å². The Hall–Kier alpha value is -3.07. The summed E-state index contributed by atoms with van der Waals surface area (Å²) in [5.41, 5.74) is 6.01. The van der Waals surface area contributed by atoms with E-state index in [-0.39, 0.29) is 36.5 Å². The third-order valence-electron chi connectivity index (χ3n) is 7.63. The lowest BCUT2D eigenvalue weighted by atomic mass is 9.93. The Morgan fingerprint density at radius 3 is 1.29 bits per heavy atom. The van der Waals surface area contributed by atoms with Crippen molar-refractivity contribution in [3.8, 4) is 11.5 Å². The molecule has 0 aliphatic rings. The lowest BCUT2D eigenvalue weighted by Gasteiger charge is -2.19. The second kappa shape index (κ2) is 13.7. The molecule has 0 radical (unpaired) electrons. The van der Waals surface area contributed by atoms with Gasteiger partial charge >= 0.3 is 11.9 Å². The Morgan fingerprint density at radius 2 is 1.00 bits per heavy atom. The number of aryl methyl sites for hydroxylation is 2. The van der Waals surface area contributed by atoms with E-state index in [9.17, 15) is 28.2 Å². The number of sulfone groups is 1. The summed E-state index contributed by atoms with van der Waals surface area (Å²) in [7, 11) is -3.79. The third-order valence-corrected chi connectivity index (χ3v) is 9.65. The van der Waals surface area contributed by atoms with E-state index in [1.807, 2.05) is 53.7 Å². The molecule has 0 spiro atoms. The summed E-state index contributed by atoms with van der Waals surface area (Å²) in [5.74, 6) is -3.58. The van der Waals surface area contributed by atoms with E-state index in [1.54, 1.807) is 13.8 Å². The van der Waals surface area contributed by atoms with Crippen molar-refractivity contribution in [3.05, 3.63) is 56.6 Å². The van der Waals surface area contributed by atoms with Gasteiger partial charge in [0.15, 0.2) is 9.84 Å². The molecule has 2 atom stereocenters. The van der Waals surface area contributed by atoms with E-state index in [4.69, 9.17) is 9.47 Å². The van der Waals surface area contributed by atoms with Crippen LogP contribution in [0.25, 0.3) is 0 Å². The van der Waals surface area contributed by atoms with Crippen LogP contribution in [0.15, 0.2) is 12.1 Å². The fourth-order valence-electron chi connectivity index (χ4n) is 4.95. The average Bonchev–Trinajstić information content (AvgIpc) is 2.86. The molecule has 9 heteroatoms. The number of esters is 2. The van der Waals surface area contributed by atoms with Gasteiger partial charge in [0.25, 0.3) is 0 Å². The molecule has 0 aliphatic heterocycles. The number of hydrogen-bond donors (Lipinski definition) is 2. The van der Waals surface area contributed by atoms with Gasteiger partial charge in [0, 0.05) is 0 Å². The van der Waals surface area contributed by atoms with E-state index in [2.05, 4.69) is 0 Å². The van der Waals surface area contributed by atoms with E-state index in [0.29, 0.717) is 22.3 Å². The highest BCUT2D eigenvalue weighted by Gasteiger charge is 2.28. The standard InChI is InChI=1S/C32H46O8S/c1-17(2)25-11-19(5)27(23(9)29(25)33)13-39-31(35)21(7)15-41(37,38)16-22(8)32(36)40-14-28-20(6)12-26(18(3)4)30(34)24(28)10/h11-12,17-18,21-22,33-34H,13-16H2,1-10H3. The second-order valence-electron chi connectivity index (χ2n) is 11.9. The van der Waals surface area contributed by atoms with Crippen LogP contribution in [0.2, 0.25) is 0 Å². The van der Waals surface area contributed by atoms with Crippen LogP contribution in [-0.4, -0.2) is 42.1 Å². The molecule has 2 aromatic rings. The molecule has 2 unspecified atom stereocenters. The van der Waals surface area contributed by atoms with E-state index in [1.165, 1.54) is 13.8 Å². The van der Waals surface area contributed by atoms with Crippen LogP contribution in [0.3, 0.4) is 0 Å². The molecule has 0 aromatic heterocycles. The predicted molar refractivity (Wildman–Crippen MR) is 160 cm³/mol. The minimum absolute atomic E-state index is 0.0813. The molecule has 0 amide bonds. The zero-order chi connectivity index (χ0) is 31.4. The highest BCUT2D eigenvalue weighted by molar-refractivity contribution is 7.91. The summed E-state index contributed by atoms with van der Waals surface area (Å²) in [6.07, 6.45) is 0. The van der Waals surface area contributed by atoms with Crippen molar-refractivity contribution < 1.29 is 37.7 Å². The van der Waals surface area contributed by atoms with Gasteiger partial charge < -0.3 is 19.7 Å². The molecule has 2 aromatic carbocycles. The van der Waals surface area contributed by atoms with Crippen molar-refractivity contribution in [2.45, 2.75) is 94.3 Å². The van der Waals surface area contributed by atoms with Gasteiger partial charge in [-0.1, -0.05) is 53.7 Å². The van der Waals surface area contributed by atoms with Gasteiger partial charge in [0.05, 0.1) is 23.3 Å². The highest BCUT2D eigenvalue weighted by Crippen LogP contribution is 2.35. The number of phenolic OH excluding ortho intramolecular Hbond substituents is 2. The van der Waals surface area contributed by atoms with Crippen LogP contribution in [0.4, 0.5) is 0 Å². The molecular formula is C32H46O8S. The number of carbonyl (C=O) groups excluding carboxylic acids is 2. The molecular weight excluding hydrogens is 544 g/mol. The van der Waals surface area contributed by atoms with Gasteiger partial charge in [0.2, 0.25) is 0 Å². The molecule has 2 N–H and O–H groups in total. The first-order valence-corrected chi connectivity index (χ1v) is 15.9. The number of ether oxygens (including phenoxy) is 2. The maximum absolute atomic E-state index is 12.8. The molecule has 0 bridgehead atoms. The summed E-state index contributed by atoms with van der Waals surface area (Å²) in [6.45, 7) is 18.0. The zero-order valence-corrected chi connectivity index (χ0v) is 26.9. The maximum Gasteiger partial charge on any atom is 0.310 e. The van der Waals surface area contributed by atoms with Crippen LogP contribution in [0, 0.1) is 39.5 Å². The molecule has 0 aliphatic carbocycles. The summed E-state index contributed by atoms with van der Waals surface area (Å²) < 4.78 is 36.5. The van der Waals surface area contributed by atoms with Gasteiger partial charge in [-0.15, -0.1) is 0 Å². The quantitative estimate of drug-likeness (QED) is 0.286. The van der Waals surface area contributed by atoms with Gasteiger partial charge in [-0.3, -0.25) is 9.59 Å². The smallest absolute Gasteiger partial charge is 0.310 e. The Morgan fingerprint density at radius 1 is 0.683 bits per heavy atom. The number of rotatable bonds is 12.